The fourth-order valence-corrected chi connectivity index (χ4v) is 2.60. The quantitative estimate of drug-likeness (QED) is 0.858. The van der Waals surface area contributed by atoms with Gasteiger partial charge in [0, 0.05) is 12.6 Å². The Labute approximate surface area is 116 Å². The Morgan fingerprint density at radius 1 is 1.47 bits per heavy atom. The molecule has 1 aromatic rings. The summed E-state index contributed by atoms with van der Waals surface area (Å²) < 4.78 is 5.29. The lowest BCUT2D eigenvalue weighted by atomic mass is 9.87. The van der Waals surface area contributed by atoms with Gasteiger partial charge in [-0.25, -0.2) is 0 Å². The fraction of sp³-hybridized carbons (Fsp3) is 0.625. The van der Waals surface area contributed by atoms with E-state index < -0.39 is 5.60 Å². The van der Waals surface area contributed by atoms with Crippen LogP contribution in [-0.2, 0) is 6.42 Å². The van der Waals surface area contributed by atoms with E-state index in [-0.39, 0.29) is 0 Å². The molecular weight excluding hydrogens is 238 g/mol. The van der Waals surface area contributed by atoms with Crippen LogP contribution in [0.15, 0.2) is 18.2 Å². The van der Waals surface area contributed by atoms with E-state index in [0.717, 1.165) is 25.0 Å². The molecule has 0 amide bonds. The van der Waals surface area contributed by atoms with E-state index in [2.05, 4.69) is 17.4 Å². The molecule has 0 fully saturated rings. The van der Waals surface area contributed by atoms with Crippen molar-refractivity contribution in [3.05, 3.63) is 29.3 Å². The molecule has 0 saturated heterocycles. The number of hydrogen-bond donors (Lipinski definition) is 2. The molecule has 19 heavy (non-hydrogen) atoms. The Kier molecular flexibility index (Phi) is 4.48. The lowest BCUT2D eigenvalue weighted by Gasteiger charge is -2.30. The average molecular weight is 263 g/mol. The molecular formula is C16H25NO2. The number of benzene rings is 1. The molecule has 2 rings (SSSR count). The summed E-state index contributed by atoms with van der Waals surface area (Å²) in [7, 11) is 1.71. The van der Waals surface area contributed by atoms with Crippen molar-refractivity contribution in [1.82, 2.24) is 5.32 Å². The van der Waals surface area contributed by atoms with E-state index in [1.54, 1.807) is 7.11 Å². The van der Waals surface area contributed by atoms with Gasteiger partial charge in [0.1, 0.15) is 5.75 Å². The van der Waals surface area contributed by atoms with E-state index in [9.17, 15) is 5.11 Å². The predicted molar refractivity (Wildman–Crippen MR) is 77.6 cm³/mol. The van der Waals surface area contributed by atoms with E-state index in [4.69, 9.17) is 4.74 Å². The van der Waals surface area contributed by atoms with Crippen molar-refractivity contribution < 1.29 is 9.84 Å². The summed E-state index contributed by atoms with van der Waals surface area (Å²) >= 11 is 0. The van der Waals surface area contributed by atoms with Crippen LogP contribution < -0.4 is 10.1 Å². The summed E-state index contributed by atoms with van der Waals surface area (Å²) in [6, 6.07) is 6.68. The fourth-order valence-electron chi connectivity index (χ4n) is 2.60. The van der Waals surface area contributed by atoms with Gasteiger partial charge in [-0.05, 0) is 55.9 Å². The first kappa shape index (κ1) is 14.4. The predicted octanol–water partition coefficient (Wildman–Crippen LogP) is 2.82. The van der Waals surface area contributed by atoms with Crippen molar-refractivity contribution in [3.8, 4) is 5.75 Å². The Balaban J connectivity index is 2.09. The summed E-state index contributed by atoms with van der Waals surface area (Å²) in [5.74, 6) is 0.931. The lowest BCUT2D eigenvalue weighted by molar-refractivity contribution is 0.0521. The monoisotopic (exact) mass is 263 g/mol. The van der Waals surface area contributed by atoms with Gasteiger partial charge in [-0.1, -0.05) is 13.0 Å². The van der Waals surface area contributed by atoms with E-state index >= 15 is 0 Å². The molecule has 2 atom stereocenters. The zero-order valence-corrected chi connectivity index (χ0v) is 12.2. The van der Waals surface area contributed by atoms with Gasteiger partial charge in [0.15, 0.2) is 0 Å². The molecule has 0 aliphatic heterocycles. The smallest absolute Gasteiger partial charge is 0.119 e. The van der Waals surface area contributed by atoms with Crippen molar-refractivity contribution in [2.24, 2.45) is 0 Å². The van der Waals surface area contributed by atoms with Crippen molar-refractivity contribution in [2.75, 3.05) is 13.7 Å². The number of ether oxygens (including phenoxy) is 1. The standard InChI is InChI=1S/C16H25NO2/c1-4-16(2,18)11-17-15-7-5-6-12-10-13(19-3)8-9-14(12)15/h8-10,15,17-18H,4-7,11H2,1-3H3. The molecule has 106 valence electrons. The van der Waals surface area contributed by atoms with Crippen LogP contribution in [0.3, 0.4) is 0 Å². The molecule has 1 aliphatic rings. The van der Waals surface area contributed by atoms with Gasteiger partial charge in [0.2, 0.25) is 0 Å². The van der Waals surface area contributed by atoms with Crippen molar-refractivity contribution in [1.29, 1.82) is 0 Å². The number of hydrogen-bond acceptors (Lipinski definition) is 3. The number of fused-ring (bicyclic) bond motifs is 1. The Bertz CT molecular complexity index is 429. The molecule has 0 spiro atoms. The second-order valence-electron chi connectivity index (χ2n) is 5.74. The van der Waals surface area contributed by atoms with Gasteiger partial charge < -0.3 is 15.2 Å². The second-order valence-corrected chi connectivity index (χ2v) is 5.74. The maximum Gasteiger partial charge on any atom is 0.119 e. The number of rotatable bonds is 5. The van der Waals surface area contributed by atoms with Crippen LogP contribution in [0.2, 0.25) is 0 Å². The summed E-state index contributed by atoms with van der Waals surface area (Å²) in [6.07, 6.45) is 4.21. The molecule has 1 aromatic carbocycles. The van der Waals surface area contributed by atoms with Gasteiger partial charge in [0.25, 0.3) is 0 Å². The molecule has 2 N–H and O–H groups in total. The Morgan fingerprint density at radius 3 is 2.95 bits per heavy atom. The summed E-state index contributed by atoms with van der Waals surface area (Å²) in [5.41, 5.74) is 2.11. The third kappa shape index (κ3) is 3.48. The zero-order chi connectivity index (χ0) is 13.9. The molecule has 0 heterocycles. The summed E-state index contributed by atoms with van der Waals surface area (Å²) in [4.78, 5) is 0. The van der Waals surface area contributed by atoms with E-state index in [1.165, 1.54) is 17.5 Å². The minimum Gasteiger partial charge on any atom is -0.497 e. The van der Waals surface area contributed by atoms with Crippen LogP contribution >= 0.6 is 0 Å². The molecule has 3 heteroatoms. The topological polar surface area (TPSA) is 41.5 Å². The Hall–Kier alpha value is -1.06. The lowest BCUT2D eigenvalue weighted by Crippen LogP contribution is -2.39. The number of methoxy groups -OCH3 is 1. The second kappa shape index (κ2) is 5.93. The van der Waals surface area contributed by atoms with Gasteiger partial charge in [-0.3, -0.25) is 0 Å². The van der Waals surface area contributed by atoms with Crippen LogP contribution in [0, 0.1) is 0 Å². The highest BCUT2D eigenvalue weighted by atomic mass is 16.5. The third-order valence-corrected chi connectivity index (χ3v) is 4.16. The first-order chi connectivity index (χ1) is 9.05. The first-order valence-electron chi connectivity index (χ1n) is 7.18. The van der Waals surface area contributed by atoms with Gasteiger partial charge in [-0.2, -0.15) is 0 Å². The first-order valence-corrected chi connectivity index (χ1v) is 7.18. The molecule has 0 bridgehead atoms. The highest BCUT2D eigenvalue weighted by molar-refractivity contribution is 5.39. The van der Waals surface area contributed by atoms with Crippen LogP contribution in [0.25, 0.3) is 0 Å². The van der Waals surface area contributed by atoms with E-state index in [0.29, 0.717) is 12.6 Å². The highest BCUT2D eigenvalue weighted by Crippen LogP contribution is 2.32. The zero-order valence-electron chi connectivity index (χ0n) is 12.2. The molecule has 0 aromatic heterocycles. The summed E-state index contributed by atoms with van der Waals surface area (Å²) in [6.45, 7) is 4.54. The molecule has 1 aliphatic carbocycles. The van der Waals surface area contributed by atoms with Gasteiger partial charge in [0.05, 0.1) is 12.7 Å². The SMILES string of the molecule is CCC(C)(O)CNC1CCCc2cc(OC)ccc21. The van der Waals surface area contributed by atoms with Crippen LogP contribution in [0.4, 0.5) is 0 Å². The largest absolute Gasteiger partial charge is 0.497 e. The van der Waals surface area contributed by atoms with E-state index in [1.807, 2.05) is 19.9 Å². The highest BCUT2D eigenvalue weighted by Gasteiger charge is 2.24. The third-order valence-electron chi connectivity index (χ3n) is 4.16. The number of aryl methyl sites for hydroxylation is 1. The van der Waals surface area contributed by atoms with Gasteiger partial charge in [-0.15, -0.1) is 0 Å². The molecule has 0 radical (unpaired) electrons. The minimum atomic E-state index is -0.621. The summed E-state index contributed by atoms with van der Waals surface area (Å²) in [5, 5.41) is 13.6. The molecule has 3 nitrogen and oxygen atoms in total. The Morgan fingerprint density at radius 2 is 2.26 bits per heavy atom. The average Bonchev–Trinajstić information content (AvgIpc) is 2.44. The minimum absolute atomic E-state index is 0.354. The molecule has 2 unspecified atom stereocenters. The number of nitrogens with one attached hydrogen (secondary N) is 1. The number of aliphatic hydroxyl groups is 1. The van der Waals surface area contributed by atoms with Crippen LogP contribution in [-0.4, -0.2) is 24.4 Å². The maximum absolute atomic E-state index is 10.1. The van der Waals surface area contributed by atoms with Crippen molar-refractivity contribution in [3.63, 3.8) is 0 Å². The van der Waals surface area contributed by atoms with Crippen molar-refractivity contribution in [2.45, 2.75) is 51.2 Å². The van der Waals surface area contributed by atoms with Crippen LogP contribution in [0.1, 0.15) is 50.3 Å². The normalized spacial score (nSPS) is 21.6. The van der Waals surface area contributed by atoms with Crippen LogP contribution in [0.5, 0.6) is 5.75 Å². The van der Waals surface area contributed by atoms with Crippen molar-refractivity contribution >= 4 is 0 Å². The van der Waals surface area contributed by atoms with Gasteiger partial charge >= 0.3 is 0 Å². The maximum atomic E-state index is 10.1. The molecule has 0 saturated carbocycles.